The Morgan fingerprint density at radius 2 is 1.86 bits per heavy atom. The molecule has 0 aliphatic carbocycles. The fourth-order valence-corrected chi connectivity index (χ4v) is 3.12. The first kappa shape index (κ1) is 20.7. The molecule has 0 saturated carbocycles. The topological polar surface area (TPSA) is 54.5 Å². The molecule has 1 amide bonds. The van der Waals surface area contributed by atoms with Crippen molar-refractivity contribution in [1.82, 2.24) is 10.3 Å². The van der Waals surface area contributed by atoms with Crippen LogP contribution in [0.4, 0.5) is 5.69 Å². The number of benzene rings is 2. The molecular formula is C24H27N3O2. The summed E-state index contributed by atoms with van der Waals surface area (Å²) in [5, 5.41) is 3.19. The fraction of sp³-hybridized carbons (Fsp3) is 0.250. The molecule has 3 aromatic rings. The second-order valence-electron chi connectivity index (χ2n) is 6.85. The van der Waals surface area contributed by atoms with E-state index in [-0.39, 0.29) is 12.0 Å². The van der Waals surface area contributed by atoms with Crippen LogP contribution in [-0.2, 0) is 11.3 Å². The maximum absolute atomic E-state index is 12.7. The molecule has 1 unspecified atom stereocenters. The molecule has 150 valence electrons. The molecule has 1 aromatic heterocycles. The highest BCUT2D eigenvalue weighted by Crippen LogP contribution is 2.24. The molecule has 1 N–H and O–H groups in total. The van der Waals surface area contributed by atoms with Crippen LogP contribution >= 0.6 is 0 Å². The highest BCUT2D eigenvalue weighted by molar-refractivity contribution is 6.04. The second kappa shape index (κ2) is 10.5. The lowest BCUT2D eigenvalue weighted by atomic mass is 10.1. The van der Waals surface area contributed by atoms with Crippen molar-refractivity contribution in [3.8, 4) is 0 Å². The van der Waals surface area contributed by atoms with Crippen LogP contribution in [0.3, 0.4) is 0 Å². The van der Waals surface area contributed by atoms with E-state index >= 15 is 0 Å². The van der Waals surface area contributed by atoms with Gasteiger partial charge in [-0.2, -0.15) is 0 Å². The standard InChI is InChI=1S/C24H27N3O2/c1-25-16-14-23(20-10-4-3-5-11-20)29-18-19-9-8-12-21(17-19)27(2)24(28)22-13-6-7-15-26-22/h3-13,15,17,23,25H,14,16,18H2,1-2H3. The van der Waals surface area contributed by atoms with E-state index in [1.807, 2.05) is 55.6 Å². The molecule has 0 aliphatic heterocycles. The monoisotopic (exact) mass is 389 g/mol. The van der Waals surface area contributed by atoms with Crippen molar-refractivity contribution >= 4 is 11.6 Å². The number of rotatable bonds is 9. The van der Waals surface area contributed by atoms with Crippen molar-refractivity contribution in [2.75, 3.05) is 25.5 Å². The Morgan fingerprint density at radius 3 is 2.59 bits per heavy atom. The van der Waals surface area contributed by atoms with Crippen LogP contribution in [0.25, 0.3) is 0 Å². The summed E-state index contributed by atoms with van der Waals surface area (Å²) in [6, 6.07) is 23.5. The molecule has 0 bridgehead atoms. The van der Waals surface area contributed by atoms with E-state index in [0.29, 0.717) is 12.3 Å². The van der Waals surface area contributed by atoms with E-state index in [4.69, 9.17) is 4.74 Å². The van der Waals surface area contributed by atoms with Crippen LogP contribution in [0.1, 0.15) is 34.1 Å². The van der Waals surface area contributed by atoms with Gasteiger partial charge in [-0.1, -0.05) is 48.5 Å². The minimum atomic E-state index is -0.139. The smallest absolute Gasteiger partial charge is 0.276 e. The summed E-state index contributed by atoms with van der Waals surface area (Å²) in [6.45, 7) is 1.35. The summed E-state index contributed by atoms with van der Waals surface area (Å²) in [5.74, 6) is -0.139. The summed E-state index contributed by atoms with van der Waals surface area (Å²) in [7, 11) is 3.70. The number of nitrogens with one attached hydrogen (secondary N) is 1. The van der Waals surface area contributed by atoms with Crippen LogP contribution in [-0.4, -0.2) is 31.5 Å². The van der Waals surface area contributed by atoms with Crippen molar-refractivity contribution in [3.63, 3.8) is 0 Å². The normalized spacial score (nSPS) is 11.8. The molecule has 0 saturated heterocycles. The van der Waals surface area contributed by atoms with Crippen LogP contribution in [0.15, 0.2) is 79.0 Å². The number of aromatic nitrogens is 1. The van der Waals surface area contributed by atoms with Crippen molar-refractivity contribution in [2.24, 2.45) is 0 Å². The van der Waals surface area contributed by atoms with Gasteiger partial charge < -0.3 is 15.0 Å². The maximum Gasteiger partial charge on any atom is 0.276 e. The highest BCUT2D eigenvalue weighted by Gasteiger charge is 2.15. The van der Waals surface area contributed by atoms with Gasteiger partial charge >= 0.3 is 0 Å². The van der Waals surface area contributed by atoms with Gasteiger partial charge in [0.25, 0.3) is 5.91 Å². The van der Waals surface area contributed by atoms with E-state index < -0.39 is 0 Å². The Kier molecular flexibility index (Phi) is 7.50. The van der Waals surface area contributed by atoms with E-state index in [1.54, 1.807) is 30.3 Å². The van der Waals surface area contributed by atoms with Gasteiger partial charge in [-0.15, -0.1) is 0 Å². The molecule has 1 heterocycles. The third-order valence-electron chi connectivity index (χ3n) is 4.77. The van der Waals surface area contributed by atoms with Gasteiger partial charge in [-0.3, -0.25) is 9.78 Å². The lowest BCUT2D eigenvalue weighted by molar-refractivity contribution is 0.0344. The zero-order valence-electron chi connectivity index (χ0n) is 16.9. The molecule has 3 rings (SSSR count). The van der Waals surface area contributed by atoms with E-state index in [1.165, 1.54) is 5.56 Å². The third-order valence-corrected chi connectivity index (χ3v) is 4.77. The van der Waals surface area contributed by atoms with Gasteiger partial charge in [0, 0.05) is 18.9 Å². The molecule has 5 nitrogen and oxygen atoms in total. The SMILES string of the molecule is CNCCC(OCc1cccc(N(C)C(=O)c2ccccn2)c1)c1ccccc1. The first-order chi connectivity index (χ1) is 14.2. The van der Waals surface area contributed by atoms with Crippen molar-refractivity contribution < 1.29 is 9.53 Å². The zero-order valence-corrected chi connectivity index (χ0v) is 16.9. The maximum atomic E-state index is 12.7. The summed E-state index contributed by atoms with van der Waals surface area (Å²) in [4.78, 5) is 18.4. The number of hydrogen-bond acceptors (Lipinski definition) is 4. The van der Waals surface area contributed by atoms with Gasteiger partial charge in [0.05, 0.1) is 12.7 Å². The van der Waals surface area contributed by atoms with Gasteiger partial charge in [0.2, 0.25) is 0 Å². The minimum absolute atomic E-state index is 0.0141. The zero-order chi connectivity index (χ0) is 20.5. The van der Waals surface area contributed by atoms with Crippen molar-refractivity contribution in [3.05, 3.63) is 95.8 Å². The van der Waals surface area contributed by atoms with Gasteiger partial charge in [-0.05, 0) is 55.4 Å². The average Bonchev–Trinajstić information content (AvgIpc) is 2.79. The Labute approximate surface area is 172 Å². The number of pyridine rings is 1. The number of carbonyl (C=O) groups is 1. The van der Waals surface area contributed by atoms with Crippen LogP contribution in [0, 0.1) is 0 Å². The quantitative estimate of drug-likeness (QED) is 0.595. The van der Waals surface area contributed by atoms with E-state index in [2.05, 4.69) is 22.4 Å². The number of amides is 1. The van der Waals surface area contributed by atoms with Crippen LogP contribution in [0.2, 0.25) is 0 Å². The molecule has 29 heavy (non-hydrogen) atoms. The number of carbonyl (C=O) groups excluding carboxylic acids is 1. The number of hydrogen-bond donors (Lipinski definition) is 1. The average molecular weight is 389 g/mol. The van der Waals surface area contributed by atoms with Gasteiger partial charge in [0.15, 0.2) is 0 Å². The van der Waals surface area contributed by atoms with E-state index in [0.717, 1.165) is 24.2 Å². The predicted molar refractivity (Wildman–Crippen MR) is 116 cm³/mol. The lowest BCUT2D eigenvalue weighted by Crippen LogP contribution is -2.27. The molecule has 1 atom stereocenters. The summed E-state index contributed by atoms with van der Waals surface area (Å²) < 4.78 is 6.24. The largest absolute Gasteiger partial charge is 0.369 e. The fourth-order valence-electron chi connectivity index (χ4n) is 3.12. The van der Waals surface area contributed by atoms with Crippen molar-refractivity contribution in [2.45, 2.75) is 19.1 Å². The van der Waals surface area contributed by atoms with Crippen molar-refractivity contribution in [1.29, 1.82) is 0 Å². The van der Waals surface area contributed by atoms with Gasteiger partial charge in [-0.25, -0.2) is 0 Å². The molecular weight excluding hydrogens is 362 g/mol. The summed E-state index contributed by atoms with van der Waals surface area (Å²) >= 11 is 0. The molecule has 0 radical (unpaired) electrons. The molecule has 0 fully saturated rings. The Bertz CT molecular complexity index is 900. The first-order valence-corrected chi connectivity index (χ1v) is 9.78. The molecule has 0 aliphatic rings. The molecule has 2 aromatic carbocycles. The highest BCUT2D eigenvalue weighted by atomic mass is 16.5. The molecule has 5 heteroatoms. The van der Waals surface area contributed by atoms with Crippen LogP contribution in [0.5, 0.6) is 0 Å². The Hall–Kier alpha value is -3.02. The number of nitrogens with zero attached hydrogens (tertiary/aromatic N) is 2. The predicted octanol–water partition coefficient (Wildman–Crippen LogP) is 4.23. The first-order valence-electron chi connectivity index (χ1n) is 9.78. The molecule has 0 spiro atoms. The van der Waals surface area contributed by atoms with E-state index in [9.17, 15) is 4.79 Å². The third kappa shape index (κ3) is 5.73. The Balaban J connectivity index is 1.69. The Morgan fingerprint density at radius 1 is 1.07 bits per heavy atom. The second-order valence-corrected chi connectivity index (χ2v) is 6.85. The summed E-state index contributed by atoms with van der Waals surface area (Å²) in [5.41, 5.74) is 3.43. The summed E-state index contributed by atoms with van der Waals surface area (Å²) in [6.07, 6.45) is 2.53. The number of ether oxygens (including phenoxy) is 1. The number of anilines is 1. The lowest BCUT2D eigenvalue weighted by Gasteiger charge is -2.20. The van der Waals surface area contributed by atoms with Crippen LogP contribution < -0.4 is 10.2 Å². The van der Waals surface area contributed by atoms with Gasteiger partial charge in [0.1, 0.15) is 5.69 Å². The minimum Gasteiger partial charge on any atom is -0.369 e.